The van der Waals surface area contributed by atoms with E-state index in [4.69, 9.17) is 10.5 Å². The average molecular weight is 266 g/mol. The van der Waals surface area contributed by atoms with Gasteiger partial charge in [0.2, 0.25) is 5.91 Å². The number of amides is 1. The number of aromatic hydroxyl groups is 1. The third kappa shape index (κ3) is 4.44. The van der Waals surface area contributed by atoms with E-state index in [-0.39, 0.29) is 29.5 Å². The van der Waals surface area contributed by atoms with E-state index in [9.17, 15) is 9.90 Å². The highest BCUT2D eigenvalue weighted by atomic mass is 16.5. The highest BCUT2D eigenvalue weighted by Gasteiger charge is 2.23. The van der Waals surface area contributed by atoms with Gasteiger partial charge in [-0.3, -0.25) is 4.79 Å². The number of phenolic OH excluding ortho intramolecular Hbond substituents is 1. The van der Waals surface area contributed by atoms with Crippen LogP contribution in [-0.2, 0) is 4.79 Å². The van der Waals surface area contributed by atoms with Crippen LogP contribution >= 0.6 is 0 Å². The predicted octanol–water partition coefficient (Wildman–Crippen LogP) is 2.10. The van der Waals surface area contributed by atoms with E-state index in [0.717, 1.165) is 0 Å². The number of rotatable bonds is 4. The summed E-state index contributed by atoms with van der Waals surface area (Å²) >= 11 is 0. The molecule has 4 N–H and O–H groups in total. The number of anilines is 1. The van der Waals surface area contributed by atoms with Crippen LogP contribution in [0.2, 0.25) is 0 Å². The van der Waals surface area contributed by atoms with Gasteiger partial charge in [-0.1, -0.05) is 20.8 Å². The van der Waals surface area contributed by atoms with Gasteiger partial charge in [-0.15, -0.1) is 0 Å². The molecule has 0 aliphatic carbocycles. The van der Waals surface area contributed by atoms with Gasteiger partial charge in [0.1, 0.15) is 11.5 Å². The fourth-order valence-electron chi connectivity index (χ4n) is 1.45. The highest BCUT2D eigenvalue weighted by molar-refractivity contribution is 5.92. The monoisotopic (exact) mass is 266 g/mol. The van der Waals surface area contributed by atoms with Crippen LogP contribution in [0.15, 0.2) is 18.2 Å². The van der Waals surface area contributed by atoms with Crippen LogP contribution < -0.4 is 15.8 Å². The van der Waals surface area contributed by atoms with Crippen molar-refractivity contribution in [1.82, 2.24) is 0 Å². The zero-order chi connectivity index (χ0) is 14.6. The van der Waals surface area contributed by atoms with Crippen molar-refractivity contribution in [2.24, 2.45) is 11.1 Å². The second-order valence-corrected chi connectivity index (χ2v) is 5.61. The van der Waals surface area contributed by atoms with Crippen molar-refractivity contribution in [2.75, 3.05) is 12.4 Å². The molecule has 1 amide bonds. The number of ether oxygens (including phenoxy) is 1. The smallest absolute Gasteiger partial charge is 0.226 e. The van der Waals surface area contributed by atoms with Gasteiger partial charge in [0, 0.05) is 18.5 Å². The van der Waals surface area contributed by atoms with Gasteiger partial charge in [0.25, 0.3) is 0 Å². The van der Waals surface area contributed by atoms with Crippen LogP contribution in [-0.4, -0.2) is 24.2 Å². The van der Waals surface area contributed by atoms with Crippen LogP contribution in [0.3, 0.4) is 0 Å². The standard InChI is InChI=1S/C14H22N2O3/c1-14(2,3)12(15)8-13(18)16-10-6-5-9(19-4)7-11(10)17/h5-7,12,17H,8,15H2,1-4H3,(H,16,18). The molecule has 0 fully saturated rings. The summed E-state index contributed by atoms with van der Waals surface area (Å²) in [4.78, 5) is 11.8. The van der Waals surface area contributed by atoms with Crippen molar-refractivity contribution in [3.63, 3.8) is 0 Å². The topological polar surface area (TPSA) is 84.6 Å². The predicted molar refractivity (Wildman–Crippen MR) is 75.3 cm³/mol. The van der Waals surface area contributed by atoms with Crippen molar-refractivity contribution >= 4 is 11.6 Å². The fraction of sp³-hybridized carbons (Fsp3) is 0.500. The minimum Gasteiger partial charge on any atom is -0.506 e. The van der Waals surface area contributed by atoms with Crippen molar-refractivity contribution in [3.05, 3.63) is 18.2 Å². The quantitative estimate of drug-likeness (QED) is 0.729. The molecule has 1 unspecified atom stereocenters. The Balaban J connectivity index is 2.67. The number of hydrogen-bond acceptors (Lipinski definition) is 4. The molecule has 1 aromatic carbocycles. The van der Waals surface area contributed by atoms with Crippen molar-refractivity contribution in [3.8, 4) is 11.5 Å². The first-order chi connectivity index (χ1) is 8.74. The zero-order valence-corrected chi connectivity index (χ0v) is 11.9. The lowest BCUT2D eigenvalue weighted by Crippen LogP contribution is -2.38. The molecular weight excluding hydrogens is 244 g/mol. The fourth-order valence-corrected chi connectivity index (χ4v) is 1.45. The van der Waals surface area contributed by atoms with Crippen molar-refractivity contribution in [2.45, 2.75) is 33.2 Å². The molecule has 0 radical (unpaired) electrons. The molecule has 1 atom stereocenters. The number of hydrogen-bond donors (Lipinski definition) is 3. The van der Waals surface area contributed by atoms with E-state index < -0.39 is 0 Å². The first kappa shape index (κ1) is 15.3. The van der Waals surface area contributed by atoms with Crippen LogP contribution in [0, 0.1) is 5.41 Å². The Bertz CT molecular complexity index is 452. The second-order valence-electron chi connectivity index (χ2n) is 5.61. The van der Waals surface area contributed by atoms with E-state index in [2.05, 4.69) is 5.32 Å². The minimum atomic E-state index is -0.243. The van der Waals surface area contributed by atoms with Gasteiger partial charge in [-0.2, -0.15) is 0 Å². The highest BCUT2D eigenvalue weighted by Crippen LogP contribution is 2.28. The number of carbonyl (C=O) groups is 1. The Hall–Kier alpha value is -1.75. The molecule has 1 aromatic rings. The lowest BCUT2D eigenvalue weighted by Gasteiger charge is -2.26. The summed E-state index contributed by atoms with van der Waals surface area (Å²) in [6, 6.07) is 4.46. The lowest BCUT2D eigenvalue weighted by atomic mass is 9.85. The van der Waals surface area contributed by atoms with Gasteiger partial charge in [0.15, 0.2) is 0 Å². The Morgan fingerprint density at radius 3 is 2.58 bits per heavy atom. The van der Waals surface area contributed by atoms with Gasteiger partial charge in [0.05, 0.1) is 12.8 Å². The van der Waals surface area contributed by atoms with Crippen LogP contribution in [0.5, 0.6) is 11.5 Å². The zero-order valence-electron chi connectivity index (χ0n) is 11.9. The molecule has 0 saturated carbocycles. The van der Waals surface area contributed by atoms with Crippen LogP contribution in [0.25, 0.3) is 0 Å². The number of phenols is 1. The molecule has 0 saturated heterocycles. The molecular formula is C14H22N2O3. The third-order valence-electron chi connectivity index (χ3n) is 3.00. The maximum Gasteiger partial charge on any atom is 0.226 e. The molecule has 0 spiro atoms. The largest absolute Gasteiger partial charge is 0.506 e. The van der Waals surface area contributed by atoms with Crippen LogP contribution in [0.1, 0.15) is 27.2 Å². The summed E-state index contributed by atoms with van der Waals surface area (Å²) in [6.45, 7) is 5.95. The Kier molecular flexibility index (Phi) is 4.78. The van der Waals surface area contributed by atoms with E-state index in [1.807, 2.05) is 20.8 Å². The normalized spacial score (nSPS) is 12.9. The number of methoxy groups -OCH3 is 1. The molecule has 5 heteroatoms. The van der Waals surface area contributed by atoms with Crippen molar-refractivity contribution < 1.29 is 14.6 Å². The number of nitrogens with one attached hydrogen (secondary N) is 1. The third-order valence-corrected chi connectivity index (χ3v) is 3.00. The Morgan fingerprint density at radius 2 is 2.11 bits per heavy atom. The molecule has 106 valence electrons. The Morgan fingerprint density at radius 1 is 1.47 bits per heavy atom. The summed E-state index contributed by atoms with van der Waals surface area (Å²) in [5.74, 6) is 0.279. The summed E-state index contributed by atoms with van der Waals surface area (Å²) in [5.41, 5.74) is 6.16. The minimum absolute atomic E-state index is 0.0305. The van der Waals surface area contributed by atoms with Gasteiger partial charge < -0.3 is 20.9 Å². The second kappa shape index (κ2) is 5.93. The SMILES string of the molecule is COc1ccc(NC(=O)CC(N)C(C)(C)C)c(O)c1. The molecule has 1 rings (SSSR count). The maximum absolute atomic E-state index is 11.8. The van der Waals surface area contributed by atoms with Crippen LogP contribution in [0.4, 0.5) is 5.69 Å². The van der Waals surface area contributed by atoms with E-state index in [0.29, 0.717) is 11.4 Å². The maximum atomic E-state index is 11.8. The summed E-state index contributed by atoms with van der Waals surface area (Å²) in [5, 5.41) is 12.4. The summed E-state index contributed by atoms with van der Waals surface area (Å²) < 4.78 is 4.97. The molecule has 0 bridgehead atoms. The van der Waals surface area contributed by atoms with Gasteiger partial charge >= 0.3 is 0 Å². The van der Waals surface area contributed by atoms with Gasteiger partial charge in [-0.25, -0.2) is 0 Å². The van der Waals surface area contributed by atoms with E-state index >= 15 is 0 Å². The molecule has 0 aromatic heterocycles. The molecule has 19 heavy (non-hydrogen) atoms. The Labute approximate surface area is 113 Å². The first-order valence-electron chi connectivity index (χ1n) is 6.16. The first-order valence-corrected chi connectivity index (χ1v) is 6.16. The number of carbonyl (C=O) groups excluding carboxylic acids is 1. The summed E-state index contributed by atoms with van der Waals surface area (Å²) in [6.07, 6.45) is 0.203. The summed E-state index contributed by atoms with van der Waals surface area (Å²) in [7, 11) is 1.51. The van der Waals surface area contributed by atoms with E-state index in [1.54, 1.807) is 12.1 Å². The van der Waals surface area contributed by atoms with Crippen molar-refractivity contribution in [1.29, 1.82) is 0 Å². The molecule has 0 aliphatic heterocycles. The molecule has 5 nitrogen and oxygen atoms in total. The lowest BCUT2D eigenvalue weighted by molar-refractivity contribution is -0.117. The molecule has 0 heterocycles. The van der Waals surface area contributed by atoms with Gasteiger partial charge in [-0.05, 0) is 17.5 Å². The number of nitrogens with two attached hydrogens (primary N) is 1. The average Bonchev–Trinajstić information content (AvgIpc) is 2.30. The molecule has 0 aliphatic rings. The number of benzene rings is 1. The van der Waals surface area contributed by atoms with E-state index in [1.165, 1.54) is 13.2 Å².